The lowest BCUT2D eigenvalue weighted by Crippen LogP contribution is -2.27. The van der Waals surface area contributed by atoms with Crippen LogP contribution in [0, 0.1) is 6.92 Å². The average Bonchev–Trinajstić information content (AvgIpc) is 3.07. The van der Waals surface area contributed by atoms with Crippen LogP contribution < -0.4 is 5.32 Å². The second-order valence-electron chi connectivity index (χ2n) is 5.85. The minimum Gasteiger partial charge on any atom is -0.301 e. The molecule has 1 saturated carbocycles. The zero-order valence-corrected chi connectivity index (χ0v) is 14.3. The van der Waals surface area contributed by atoms with Crippen LogP contribution in [0.3, 0.4) is 0 Å². The van der Waals surface area contributed by atoms with Gasteiger partial charge in [-0.1, -0.05) is 30.3 Å². The summed E-state index contributed by atoms with van der Waals surface area (Å²) in [5, 5.41) is 5.70. The van der Waals surface area contributed by atoms with Gasteiger partial charge in [-0.3, -0.25) is 4.79 Å². The summed E-state index contributed by atoms with van der Waals surface area (Å²) in [5.41, 5.74) is 1.68. The van der Waals surface area contributed by atoms with E-state index in [1.165, 1.54) is 16.2 Å². The minimum absolute atomic E-state index is 0.0620. The molecule has 116 valence electrons. The van der Waals surface area contributed by atoms with Gasteiger partial charge in [0.25, 0.3) is 0 Å². The van der Waals surface area contributed by atoms with Crippen LogP contribution in [0.2, 0.25) is 0 Å². The third kappa shape index (κ3) is 2.71. The molecule has 5 heteroatoms. The molecule has 1 aliphatic carbocycles. The maximum Gasteiger partial charge on any atom is 0.236 e. The number of hydrogen-bond donors (Lipinski definition) is 1. The SMILES string of the molecule is Cc1ccc(-c2csc(NC(=O)C3(c4ccccc4)CC3)n2)s1. The van der Waals surface area contributed by atoms with E-state index < -0.39 is 0 Å². The molecule has 1 amide bonds. The summed E-state index contributed by atoms with van der Waals surface area (Å²) < 4.78 is 0. The zero-order chi connectivity index (χ0) is 15.9. The van der Waals surface area contributed by atoms with Crippen LogP contribution >= 0.6 is 22.7 Å². The number of carbonyl (C=O) groups excluding carboxylic acids is 1. The predicted molar refractivity (Wildman–Crippen MR) is 96.1 cm³/mol. The summed E-state index contributed by atoms with van der Waals surface area (Å²) in [4.78, 5) is 19.7. The molecule has 23 heavy (non-hydrogen) atoms. The van der Waals surface area contributed by atoms with Gasteiger partial charge in [0.15, 0.2) is 5.13 Å². The van der Waals surface area contributed by atoms with Gasteiger partial charge in [-0.15, -0.1) is 22.7 Å². The van der Waals surface area contributed by atoms with E-state index in [0.717, 1.165) is 29.0 Å². The molecule has 0 saturated heterocycles. The number of benzene rings is 1. The molecule has 0 spiro atoms. The van der Waals surface area contributed by atoms with Crippen molar-refractivity contribution in [3.8, 4) is 10.6 Å². The fourth-order valence-electron chi connectivity index (χ4n) is 2.76. The third-order valence-electron chi connectivity index (χ3n) is 4.23. The molecule has 1 N–H and O–H groups in total. The Morgan fingerprint density at radius 3 is 2.61 bits per heavy atom. The van der Waals surface area contributed by atoms with Crippen molar-refractivity contribution in [2.24, 2.45) is 0 Å². The van der Waals surface area contributed by atoms with E-state index >= 15 is 0 Å². The highest BCUT2D eigenvalue weighted by Gasteiger charge is 2.51. The summed E-state index contributed by atoms with van der Waals surface area (Å²) in [6.07, 6.45) is 1.82. The van der Waals surface area contributed by atoms with Crippen LogP contribution in [0.4, 0.5) is 5.13 Å². The minimum atomic E-state index is -0.355. The molecule has 0 aliphatic heterocycles. The number of anilines is 1. The van der Waals surface area contributed by atoms with E-state index in [2.05, 4.69) is 29.4 Å². The van der Waals surface area contributed by atoms with Gasteiger partial charge >= 0.3 is 0 Å². The van der Waals surface area contributed by atoms with E-state index in [-0.39, 0.29) is 11.3 Å². The molecule has 3 aromatic rings. The summed E-state index contributed by atoms with van der Waals surface area (Å²) in [5.74, 6) is 0.0620. The standard InChI is InChI=1S/C18H16N2OS2/c1-12-7-8-15(23-12)14-11-22-17(19-14)20-16(21)18(9-10-18)13-5-3-2-4-6-13/h2-8,11H,9-10H2,1H3,(H,19,20,21). The first-order valence-electron chi connectivity index (χ1n) is 7.57. The molecule has 0 bridgehead atoms. The highest BCUT2D eigenvalue weighted by atomic mass is 32.1. The first-order chi connectivity index (χ1) is 11.2. The van der Waals surface area contributed by atoms with Crippen LogP contribution in [-0.2, 0) is 10.2 Å². The van der Waals surface area contributed by atoms with Crippen molar-refractivity contribution in [3.63, 3.8) is 0 Å². The largest absolute Gasteiger partial charge is 0.301 e. The van der Waals surface area contributed by atoms with Crippen molar-refractivity contribution in [2.75, 3.05) is 5.32 Å². The van der Waals surface area contributed by atoms with Crippen molar-refractivity contribution in [3.05, 3.63) is 58.3 Å². The molecular weight excluding hydrogens is 324 g/mol. The number of nitrogens with one attached hydrogen (secondary N) is 1. The molecule has 1 aliphatic rings. The number of aromatic nitrogens is 1. The van der Waals surface area contributed by atoms with E-state index in [0.29, 0.717) is 5.13 Å². The van der Waals surface area contributed by atoms with Crippen LogP contribution in [0.15, 0.2) is 47.8 Å². The van der Waals surface area contributed by atoms with E-state index in [1.807, 2.05) is 35.7 Å². The number of carbonyl (C=O) groups is 1. The van der Waals surface area contributed by atoms with Crippen LogP contribution in [-0.4, -0.2) is 10.9 Å². The molecule has 2 aromatic heterocycles. The first-order valence-corrected chi connectivity index (χ1v) is 9.26. The summed E-state index contributed by atoms with van der Waals surface area (Å²) in [6, 6.07) is 14.2. The molecule has 2 heterocycles. The number of thiophene rings is 1. The fourth-order valence-corrected chi connectivity index (χ4v) is 4.37. The molecule has 1 aromatic carbocycles. The highest BCUT2D eigenvalue weighted by molar-refractivity contribution is 7.17. The fraction of sp³-hybridized carbons (Fsp3) is 0.222. The third-order valence-corrected chi connectivity index (χ3v) is 6.01. The van der Waals surface area contributed by atoms with Crippen molar-refractivity contribution >= 4 is 33.7 Å². The predicted octanol–water partition coefficient (Wildman–Crippen LogP) is 4.85. The summed E-state index contributed by atoms with van der Waals surface area (Å²) >= 11 is 3.20. The number of aryl methyl sites for hydroxylation is 1. The van der Waals surface area contributed by atoms with E-state index in [9.17, 15) is 4.79 Å². The quantitative estimate of drug-likeness (QED) is 0.737. The van der Waals surface area contributed by atoms with Gasteiger partial charge in [0.1, 0.15) is 0 Å². The van der Waals surface area contributed by atoms with Gasteiger partial charge in [0, 0.05) is 10.3 Å². The highest BCUT2D eigenvalue weighted by Crippen LogP contribution is 2.49. The lowest BCUT2D eigenvalue weighted by Gasteiger charge is -2.14. The van der Waals surface area contributed by atoms with Crippen LogP contribution in [0.1, 0.15) is 23.3 Å². The van der Waals surface area contributed by atoms with Crippen molar-refractivity contribution in [2.45, 2.75) is 25.2 Å². The Hall–Kier alpha value is -1.98. The number of hydrogen-bond acceptors (Lipinski definition) is 4. The van der Waals surface area contributed by atoms with Gasteiger partial charge in [-0.25, -0.2) is 4.98 Å². The smallest absolute Gasteiger partial charge is 0.236 e. The van der Waals surface area contributed by atoms with Crippen molar-refractivity contribution < 1.29 is 4.79 Å². The van der Waals surface area contributed by atoms with Crippen LogP contribution in [0.5, 0.6) is 0 Å². The summed E-state index contributed by atoms with van der Waals surface area (Å²) in [7, 11) is 0. The van der Waals surface area contributed by atoms with Gasteiger partial charge in [0.05, 0.1) is 16.0 Å². The Bertz CT molecular complexity index is 847. The number of rotatable bonds is 4. The van der Waals surface area contributed by atoms with E-state index in [1.54, 1.807) is 11.3 Å². The Morgan fingerprint density at radius 2 is 1.96 bits per heavy atom. The molecule has 0 atom stereocenters. The molecule has 3 nitrogen and oxygen atoms in total. The van der Waals surface area contributed by atoms with Crippen molar-refractivity contribution in [1.82, 2.24) is 4.98 Å². The lowest BCUT2D eigenvalue weighted by molar-refractivity contribution is -0.118. The zero-order valence-electron chi connectivity index (χ0n) is 12.7. The van der Waals surface area contributed by atoms with Crippen LogP contribution in [0.25, 0.3) is 10.6 Å². The lowest BCUT2D eigenvalue weighted by atomic mass is 9.95. The van der Waals surface area contributed by atoms with Gasteiger partial charge in [-0.05, 0) is 37.5 Å². The first kappa shape index (κ1) is 14.6. The van der Waals surface area contributed by atoms with Crippen molar-refractivity contribution in [1.29, 1.82) is 0 Å². The van der Waals surface area contributed by atoms with Gasteiger partial charge in [-0.2, -0.15) is 0 Å². The molecule has 1 fully saturated rings. The van der Waals surface area contributed by atoms with Gasteiger partial charge < -0.3 is 5.32 Å². The maximum atomic E-state index is 12.7. The molecular formula is C18H16N2OS2. The molecule has 4 rings (SSSR count). The number of nitrogens with zero attached hydrogens (tertiary/aromatic N) is 1. The average molecular weight is 340 g/mol. The monoisotopic (exact) mass is 340 g/mol. The molecule has 0 unspecified atom stereocenters. The topological polar surface area (TPSA) is 42.0 Å². The second-order valence-corrected chi connectivity index (χ2v) is 8.00. The maximum absolute atomic E-state index is 12.7. The Labute approximate surface area is 143 Å². The Morgan fingerprint density at radius 1 is 1.17 bits per heavy atom. The van der Waals surface area contributed by atoms with Gasteiger partial charge in [0.2, 0.25) is 5.91 Å². The van der Waals surface area contributed by atoms with E-state index in [4.69, 9.17) is 0 Å². The normalized spacial score (nSPS) is 15.3. The number of thiazole rings is 1. The number of amides is 1. The summed E-state index contributed by atoms with van der Waals surface area (Å²) in [6.45, 7) is 2.08. The second kappa shape index (κ2) is 5.58. The Balaban J connectivity index is 1.53. The molecule has 0 radical (unpaired) electrons. The Kier molecular flexibility index (Phi) is 3.54.